The number of carboxylic acids is 3. The van der Waals surface area contributed by atoms with Crippen molar-refractivity contribution in [2.24, 2.45) is 0 Å². The van der Waals surface area contributed by atoms with Gasteiger partial charge in [0, 0.05) is 0 Å². The number of hydrogen-bond acceptors (Lipinski definition) is 7. The lowest BCUT2D eigenvalue weighted by Crippen LogP contribution is -2.09. The smallest absolute Gasteiger partial charge is 0.416 e. The molecule has 574 valence electrons. The van der Waals surface area contributed by atoms with E-state index in [4.69, 9.17) is 15.3 Å². The third kappa shape index (κ3) is 39.2. The molecule has 0 aliphatic carbocycles. The quantitative estimate of drug-likeness (QED) is 0.0833. The van der Waals surface area contributed by atoms with Crippen LogP contribution in [-0.2, 0) is 18.5 Å². The van der Waals surface area contributed by atoms with Crippen molar-refractivity contribution in [3.05, 3.63) is 298 Å². The Labute approximate surface area is 582 Å². The number of halogens is 27. The maximum atomic E-state index is 12.0. The third-order valence-electron chi connectivity index (χ3n) is 11.0. The summed E-state index contributed by atoms with van der Waals surface area (Å²) in [6, 6.07) is 38.7. The highest BCUT2D eigenvalue weighted by molar-refractivity contribution is 8.21. The third-order valence-corrected chi connectivity index (χ3v) is 14.2. The van der Waals surface area contributed by atoms with Crippen LogP contribution in [0.4, 0.5) is 113 Å². The number of carbonyl (C=O) groups excluding carboxylic acids is 4. The molecule has 0 amide bonds. The minimum Gasteiger partial charge on any atom is -0.478 e. The normalized spacial score (nSPS) is 11.4. The second-order valence-electron chi connectivity index (χ2n) is 18.3. The van der Waals surface area contributed by atoms with Crippen molar-refractivity contribution >= 4 is 86.8 Å². The summed E-state index contributed by atoms with van der Waals surface area (Å²) < 4.78 is 298. The van der Waals surface area contributed by atoms with E-state index in [2.05, 4.69) is 0 Å². The van der Waals surface area contributed by atoms with E-state index < -0.39 is 147 Å². The van der Waals surface area contributed by atoms with Crippen LogP contribution in [0.3, 0.4) is 0 Å². The van der Waals surface area contributed by atoms with Crippen LogP contribution >= 0.6 is 44.7 Å². The zero-order valence-electron chi connectivity index (χ0n) is 51.2. The van der Waals surface area contributed by atoms with Crippen LogP contribution in [-0.4, -0.2) is 57.4 Å². The lowest BCUT2D eigenvalue weighted by Gasteiger charge is -2.10. The zero-order valence-corrected chi connectivity index (χ0v) is 54.5. The van der Waals surface area contributed by atoms with Crippen molar-refractivity contribution in [3.63, 3.8) is 0 Å². The van der Waals surface area contributed by atoms with E-state index in [1.54, 1.807) is 24.3 Å². The predicted octanol–water partition coefficient (Wildman–Crippen LogP) is 25.3. The minimum absolute atomic E-state index is 0. The van der Waals surface area contributed by atoms with Gasteiger partial charge in [0.15, 0.2) is 0 Å². The first-order valence-electron chi connectivity index (χ1n) is 26.5. The predicted molar refractivity (Wildman–Crippen MR) is 337 cm³/mol. The van der Waals surface area contributed by atoms with Gasteiger partial charge < -0.3 is 15.3 Å². The molecule has 0 aliphatic rings. The van der Waals surface area contributed by atoms with Gasteiger partial charge in [0.1, 0.15) is 0 Å². The second-order valence-corrected chi connectivity index (χ2v) is 23.4. The first-order valence-corrected chi connectivity index (χ1v) is 31.8. The van der Waals surface area contributed by atoms with Crippen molar-refractivity contribution in [1.29, 1.82) is 0 Å². The monoisotopic (exact) mass is 1610 g/mol. The summed E-state index contributed by atoms with van der Waals surface area (Å²) in [4.78, 5) is 69.5. The maximum absolute atomic E-state index is 12.0. The second kappa shape index (κ2) is 44.3. The summed E-state index contributed by atoms with van der Waals surface area (Å²) in [5, 5.41) is 25.5. The molecule has 0 unspecified atom stereocenters. The topological polar surface area (TPSA) is 180 Å². The summed E-state index contributed by atoms with van der Waals surface area (Å²) in [6.45, 7) is 0. The van der Waals surface area contributed by atoms with Crippen LogP contribution in [0.5, 0.6) is 0 Å². The Morgan fingerprint density at radius 1 is 0.229 bits per heavy atom. The number of benzene rings is 9. The number of rotatable bonds is 11. The Hall–Kier alpha value is -10.4. The van der Waals surface area contributed by atoms with Gasteiger partial charge in [0.05, 0.1) is 75.2 Å². The van der Waals surface area contributed by atoms with Crippen LogP contribution in [0.2, 0.25) is 0 Å². The molecule has 41 heteroatoms. The van der Waals surface area contributed by atoms with Crippen molar-refractivity contribution < 1.29 is 162 Å². The average Bonchev–Trinajstić information content (AvgIpc) is 0.829. The van der Waals surface area contributed by atoms with Gasteiger partial charge in [-0.1, -0.05) is 103 Å². The van der Waals surface area contributed by atoms with E-state index in [0.29, 0.717) is 18.2 Å². The number of carbonyl (C=O) groups is 7. The average molecular weight is 1620 g/mol. The Balaban J connectivity index is 0. The van der Waals surface area contributed by atoms with Gasteiger partial charge in [-0.3, -0.25) is 28.6 Å². The van der Waals surface area contributed by atoms with Crippen molar-refractivity contribution in [2.75, 3.05) is 0 Å². The Morgan fingerprint density at radius 2 is 0.390 bits per heavy atom. The van der Waals surface area contributed by atoms with Crippen LogP contribution in [0.15, 0.2) is 262 Å². The van der Waals surface area contributed by atoms with E-state index in [1.807, 2.05) is 0 Å². The molecule has 0 heterocycles. The van der Waals surface area contributed by atoms with Gasteiger partial charge in [0.25, 0.3) is 0 Å². The summed E-state index contributed by atoms with van der Waals surface area (Å²) in [5.74, 6) is -3.44. The molecule has 0 aromatic heterocycles. The number of carboxylic acid groups (broad SMARTS) is 3. The molecular formula is C64H45F27O10S4. The first-order chi connectivity index (χ1) is 47.4. The van der Waals surface area contributed by atoms with Crippen molar-refractivity contribution in [1.82, 2.24) is 0 Å². The molecule has 10 nitrogen and oxygen atoms in total. The SMILES string of the molecule is F.F.FC(F)(F)c1cccc(C(F)(F)F)c1.FS(F)(F)c1ccccc1.FS(F)(F)c1ccccc1.FS(F)(F)c1ccccc1.FS(F)(F)c1ccccc1.O=C(F)c1cccc(C(=O)F)c1.O=C(F)c1cccc(C(F)(F)F)c1.O=C(O)c1cccc(C(=O)F)c1.O=C(O)c1cccc(C(=O)O)c1. The van der Waals surface area contributed by atoms with E-state index in [0.717, 1.165) is 103 Å². The number of alkyl halides is 9. The molecule has 9 aromatic carbocycles. The molecule has 105 heavy (non-hydrogen) atoms. The van der Waals surface area contributed by atoms with E-state index in [9.17, 15) is 137 Å². The standard InChI is InChI=1S/C8H4F6.C8H4F4O.C8H4F2O2.C8H5FO3.C8H6O4.4C6H5F3S.2FH/c9-7(10,11)5-2-1-3-6(4-5)8(12,13)14;9-7(13)5-2-1-3-6(4-5)8(10,11)12;9-7(11)5-2-1-3-6(4-5)8(10)12;2*9-7(10)5-2-1-3-6(4-5)8(11)12;4*7-10(8,9)6-4-2-1-3-5-6;;/h1-4H;1-4H;1-4H;1-4H,(H,11,12);1-4H,(H,9,10)(H,11,12);4*1-5H;2*1H. The first kappa shape index (κ1) is 96.6. The molecule has 0 saturated heterocycles. The van der Waals surface area contributed by atoms with Gasteiger partial charge in [-0.25, -0.2) is 14.4 Å². The van der Waals surface area contributed by atoms with Crippen molar-refractivity contribution in [2.45, 2.75) is 38.1 Å². The molecule has 0 bridgehead atoms. The highest BCUT2D eigenvalue weighted by Crippen LogP contribution is 2.62. The van der Waals surface area contributed by atoms with Crippen LogP contribution in [0.25, 0.3) is 0 Å². The molecule has 3 N–H and O–H groups in total. The van der Waals surface area contributed by atoms with Gasteiger partial charge in [-0.15, -0.1) is 46.6 Å². The van der Waals surface area contributed by atoms with Gasteiger partial charge in [-0.05, 0) is 140 Å². The lowest BCUT2D eigenvalue weighted by atomic mass is 10.1. The fourth-order valence-electron chi connectivity index (χ4n) is 6.31. The fraction of sp³-hybridized carbons (Fsp3) is 0.0469. The van der Waals surface area contributed by atoms with Crippen LogP contribution in [0, 0.1) is 0 Å². The molecule has 0 aliphatic heterocycles. The minimum atomic E-state index is -5.00. The van der Waals surface area contributed by atoms with Gasteiger partial charge in [-0.2, -0.15) is 57.1 Å². The highest BCUT2D eigenvalue weighted by atomic mass is 32.3. The van der Waals surface area contributed by atoms with Crippen molar-refractivity contribution in [3.8, 4) is 0 Å². The largest absolute Gasteiger partial charge is 0.478 e. The Bertz CT molecular complexity index is 3700. The van der Waals surface area contributed by atoms with Gasteiger partial charge in [0.2, 0.25) is 44.7 Å². The molecular weight excluding hydrogens is 1570 g/mol. The molecule has 0 radical (unpaired) electrons. The van der Waals surface area contributed by atoms with Crippen LogP contribution in [0.1, 0.15) is 89.2 Å². The molecule has 0 saturated carbocycles. The fourth-order valence-corrected chi connectivity index (χ4v) is 8.18. The summed E-state index contributed by atoms with van der Waals surface area (Å²) in [5.41, 5.74) is -5.24. The number of aromatic carboxylic acids is 3. The summed E-state index contributed by atoms with van der Waals surface area (Å²) in [6.07, 6.45) is -14.0. The summed E-state index contributed by atoms with van der Waals surface area (Å²) in [7, 11) is 0. The molecule has 0 atom stereocenters. The maximum Gasteiger partial charge on any atom is 0.416 e. The van der Waals surface area contributed by atoms with Crippen LogP contribution < -0.4 is 0 Å². The van der Waals surface area contributed by atoms with E-state index in [-0.39, 0.29) is 48.9 Å². The molecule has 0 fully saturated rings. The molecule has 0 spiro atoms. The number of hydrogen-bond donors (Lipinski definition) is 3. The summed E-state index contributed by atoms with van der Waals surface area (Å²) >= 11 is -20.0. The van der Waals surface area contributed by atoms with E-state index in [1.165, 1.54) is 91.0 Å². The highest BCUT2D eigenvalue weighted by Gasteiger charge is 2.36. The zero-order chi connectivity index (χ0) is 78.9. The van der Waals surface area contributed by atoms with Gasteiger partial charge >= 0.3 is 60.6 Å². The molecule has 9 rings (SSSR count). The molecule has 9 aromatic rings. The van der Waals surface area contributed by atoms with E-state index >= 15 is 0 Å². The Morgan fingerprint density at radius 3 is 0.571 bits per heavy atom. The lowest BCUT2D eigenvalue weighted by molar-refractivity contribution is -0.143. The Kier molecular flexibility index (Phi) is 40.8.